The summed E-state index contributed by atoms with van der Waals surface area (Å²) in [4.78, 5) is 6.19. The minimum Gasteiger partial charge on any atom is -0.369 e. The average Bonchev–Trinajstić information content (AvgIpc) is 2.37. The van der Waals surface area contributed by atoms with E-state index in [1.54, 1.807) is 5.57 Å². The Balaban J connectivity index is 2.28. The Morgan fingerprint density at radius 1 is 1.44 bits per heavy atom. The molecule has 0 atom stereocenters. The Labute approximate surface area is 119 Å². The summed E-state index contributed by atoms with van der Waals surface area (Å²) >= 11 is 3.57. The van der Waals surface area contributed by atoms with Crippen LogP contribution >= 0.6 is 15.9 Å². The van der Waals surface area contributed by atoms with Gasteiger partial charge in [-0.2, -0.15) is 0 Å². The van der Waals surface area contributed by atoms with E-state index in [-0.39, 0.29) is 0 Å². The maximum absolute atomic E-state index is 4.25. The van der Waals surface area contributed by atoms with Gasteiger partial charge in [-0.3, -0.25) is 4.99 Å². The summed E-state index contributed by atoms with van der Waals surface area (Å²) in [5.74, 6) is 0. The lowest BCUT2D eigenvalue weighted by molar-refractivity contribution is 0.640. The van der Waals surface area contributed by atoms with Gasteiger partial charge in [0.05, 0.1) is 12.9 Å². The van der Waals surface area contributed by atoms with E-state index in [1.165, 1.54) is 25.7 Å². The van der Waals surface area contributed by atoms with Crippen molar-refractivity contribution in [1.82, 2.24) is 4.90 Å². The molecule has 0 aromatic rings. The molecular weight excluding hydrogens is 288 g/mol. The maximum Gasteiger partial charge on any atom is 0.0848 e. The van der Waals surface area contributed by atoms with Crippen LogP contribution in [0.1, 0.15) is 32.1 Å². The third-order valence-electron chi connectivity index (χ3n) is 2.74. The minimum atomic E-state index is 0.726. The highest BCUT2D eigenvalue weighted by Gasteiger charge is 2.01. The van der Waals surface area contributed by atoms with Gasteiger partial charge in [0.1, 0.15) is 0 Å². The zero-order valence-corrected chi connectivity index (χ0v) is 13.0. The van der Waals surface area contributed by atoms with Gasteiger partial charge >= 0.3 is 0 Å². The number of halogens is 1. The second-order valence-electron chi connectivity index (χ2n) is 4.75. The highest BCUT2D eigenvalue weighted by atomic mass is 79.9. The Morgan fingerprint density at radius 3 is 2.94 bits per heavy atom. The van der Waals surface area contributed by atoms with Gasteiger partial charge in [-0.05, 0) is 32.1 Å². The van der Waals surface area contributed by atoms with Crippen molar-refractivity contribution in [3.05, 3.63) is 34.4 Å². The topological polar surface area (TPSA) is 15.6 Å². The van der Waals surface area contributed by atoms with E-state index in [0.29, 0.717) is 0 Å². The molecule has 0 aromatic heterocycles. The first-order valence-corrected chi connectivity index (χ1v) is 7.34. The Morgan fingerprint density at radius 2 is 2.28 bits per heavy atom. The van der Waals surface area contributed by atoms with Gasteiger partial charge in [0.15, 0.2) is 0 Å². The van der Waals surface area contributed by atoms with Crippen LogP contribution in [0, 0.1) is 0 Å². The number of allylic oxidation sites excluding steroid dienone is 5. The Hall–Kier alpha value is -0.830. The quantitative estimate of drug-likeness (QED) is 0.309. The highest BCUT2D eigenvalue weighted by molar-refractivity contribution is 9.11. The zero-order valence-electron chi connectivity index (χ0n) is 11.4. The predicted molar refractivity (Wildman–Crippen MR) is 84.4 cm³/mol. The molecule has 0 saturated carbocycles. The molecule has 0 heterocycles. The summed E-state index contributed by atoms with van der Waals surface area (Å²) in [6.07, 6.45) is 16.9. The van der Waals surface area contributed by atoms with Gasteiger partial charge in [0, 0.05) is 18.6 Å². The fourth-order valence-electron chi connectivity index (χ4n) is 1.82. The van der Waals surface area contributed by atoms with Gasteiger partial charge in [-0.25, -0.2) is 0 Å². The first kappa shape index (κ1) is 15.2. The Kier molecular flexibility index (Phi) is 7.74. The molecule has 0 saturated heterocycles. The van der Waals surface area contributed by atoms with E-state index in [9.17, 15) is 0 Å². The van der Waals surface area contributed by atoms with E-state index in [4.69, 9.17) is 0 Å². The van der Waals surface area contributed by atoms with Gasteiger partial charge in [-0.1, -0.05) is 45.8 Å². The van der Waals surface area contributed by atoms with Crippen molar-refractivity contribution in [2.24, 2.45) is 4.99 Å². The third kappa shape index (κ3) is 7.49. The third-order valence-corrected chi connectivity index (χ3v) is 3.33. The van der Waals surface area contributed by atoms with E-state index >= 15 is 0 Å². The molecular formula is C15H23BrN2. The zero-order chi connectivity index (χ0) is 13.2. The van der Waals surface area contributed by atoms with Crippen molar-refractivity contribution in [3.63, 3.8) is 0 Å². The van der Waals surface area contributed by atoms with Crippen LogP contribution < -0.4 is 0 Å². The van der Waals surface area contributed by atoms with E-state index in [2.05, 4.69) is 45.2 Å². The SMILES string of the molecule is CN(C)C=NC/C=C\C(Br)=C/CC1=CCCCC1. The van der Waals surface area contributed by atoms with Crippen LogP contribution in [0.5, 0.6) is 0 Å². The summed E-state index contributed by atoms with van der Waals surface area (Å²) in [6.45, 7) is 0.726. The van der Waals surface area contributed by atoms with Crippen LogP contribution in [0.25, 0.3) is 0 Å². The van der Waals surface area contributed by atoms with E-state index < -0.39 is 0 Å². The molecule has 18 heavy (non-hydrogen) atoms. The molecule has 1 aliphatic rings. The summed E-state index contributed by atoms with van der Waals surface area (Å²) in [5, 5.41) is 0. The predicted octanol–water partition coefficient (Wildman–Crippen LogP) is 4.30. The van der Waals surface area contributed by atoms with Gasteiger partial charge in [0.2, 0.25) is 0 Å². The molecule has 0 fully saturated rings. The first-order chi connectivity index (χ1) is 8.68. The number of hydrogen-bond acceptors (Lipinski definition) is 1. The van der Waals surface area contributed by atoms with Gasteiger partial charge in [0.25, 0.3) is 0 Å². The maximum atomic E-state index is 4.25. The summed E-state index contributed by atoms with van der Waals surface area (Å²) in [7, 11) is 3.95. The van der Waals surface area contributed by atoms with Crippen molar-refractivity contribution < 1.29 is 0 Å². The lowest BCUT2D eigenvalue weighted by Crippen LogP contribution is -2.07. The van der Waals surface area contributed by atoms with Crippen LogP contribution in [-0.4, -0.2) is 31.9 Å². The van der Waals surface area contributed by atoms with Crippen LogP contribution in [0.4, 0.5) is 0 Å². The fourth-order valence-corrected chi connectivity index (χ4v) is 2.17. The lowest BCUT2D eigenvalue weighted by Gasteiger charge is -2.10. The summed E-state index contributed by atoms with van der Waals surface area (Å²) in [5.41, 5.74) is 1.58. The fraction of sp³-hybridized carbons (Fsp3) is 0.533. The molecule has 3 heteroatoms. The van der Waals surface area contributed by atoms with Crippen LogP contribution in [0.3, 0.4) is 0 Å². The van der Waals surface area contributed by atoms with E-state index in [1.807, 2.05) is 25.3 Å². The number of aliphatic imine (C=N–C) groups is 1. The van der Waals surface area contributed by atoms with Crippen molar-refractivity contribution in [3.8, 4) is 0 Å². The molecule has 0 spiro atoms. The second kappa shape index (κ2) is 9.15. The van der Waals surface area contributed by atoms with Crippen LogP contribution in [0.2, 0.25) is 0 Å². The number of nitrogens with zero attached hydrogens (tertiary/aromatic N) is 2. The largest absolute Gasteiger partial charge is 0.369 e. The van der Waals surface area contributed by atoms with Crippen LogP contribution in [-0.2, 0) is 0 Å². The molecule has 100 valence electrons. The molecule has 0 N–H and O–H groups in total. The molecule has 0 radical (unpaired) electrons. The van der Waals surface area contributed by atoms with Crippen molar-refractivity contribution in [1.29, 1.82) is 0 Å². The molecule has 0 unspecified atom stereocenters. The summed E-state index contributed by atoms with van der Waals surface area (Å²) < 4.78 is 1.15. The molecule has 0 aromatic carbocycles. The highest BCUT2D eigenvalue weighted by Crippen LogP contribution is 2.21. The van der Waals surface area contributed by atoms with Crippen molar-refractivity contribution in [2.45, 2.75) is 32.1 Å². The summed E-state index contributed by atoms with van der Waals surface area (Å²) in [6, 6.07) is 0. The standard InChI is InChI=1S/C15H23BrN2/c1-18(2)13-17-12-6-9-15(16)11-10-14-7-4-3-5-8-14/h6-7,9,11,13H,3-5,8,10,12H2,1-2H3/b9-6-,15-11+,17-13?. The smallest absolute Gasteiger partial charge is 0.0848 e. The monoisotopic (exact) mass is 310 g/mol. The first-order valence-electron chi connectivity index (χ1n) is 6.55. The van der Waals surface area contributed by atoms with Crippen LogP contribution in [0.15, 0.2) is 39.4 Å². The molecule has 1 aliphatic carbocycles. The van der Waals surface area contributed by atoms with Gasteiger partial charge < -0.3 is 4.90 Å². The minimum absolute atomic E-state index is 0.726. The lowest BCUT2D eigenvalue weighted by atomic mass is 9.97. The van der Waals surface area contributed by atoms with Crippen molar-refractivity contribution in [2.75, 3.05) is 20.6 Å². The number of hydrogen-bond donors (Lipinski definition) is 0. The molecule has 0 aliphatic heterocycles. The molecule has 0 bridgehead atoms. The molecule has 2 nitrogen and oxygen atoms in total. The van der Waals surface area contributed by atoms with Crippen molar-refractivity contribution >= 4 is 22.3 Å². The van der Waals surface area contributed by atoms with E-state index in [0.717, 1.165) is 17.4 Å². The number of rotatable bonds is 6. The molecule has 1 rings (SSSR count). The average molecular weight is 311 g/mol. The molecule has 0 amide bonds. The second-order valence-corrected chi connectivity index (χ2v) is 5.66. The Bertz CT molecular complexity index is 352. The normalized spacial score (nSPS) is 17.5. The van der Waals surface area contributed by atoms with Gasteiger partial charge in [-0.15, -0.1) is 0 Å².